The summed E-state index contributed by atoms with van der Waals surface area (Å²) in [6.07, 6.45) is 5.87. The van der Waals surface area contributed by atoms with Crippen LogP contribution in [0.5, 0.6) is 0 Å². The van der Waals surface area contributed by atoms with E-state index in [4.69, 9.17) is 9.47 Å². The summed E-state index contributed by atoms with van der Waals surface area (Å²) in [6.45, 7) is 7.46. The molecule has 0 bridgehead atoms. The Hall–Kier alpha value is -0.410. The number of ether oxygens (including phenoxy) is 2. The van der Waals surface area contributed by atoms with Crippen LogP contribution in [0.3, 0.4) is 0 Å². The van der Waals surface area contributed by atoms with E-state index < -0.39 is 0 Å². The predicted molar refractivity (Wildman–Crippen MR) is 72.7 cm³/mol. The van der Waals surface area contributed by atoms with E-state index in [0.29, 0.717) is 24.7 Å². The average molecular weight is 266 g/mol. The van der Waals surface area contributed by atoms with Crippen molar-refractivity contribution in [2.24, 2.45) is 16.7 Å². The molecule has 1 heterocycles. The second-order valence-corrected chi connectivity index (χ2v) is 6.98. The fourth-order valence-corrected chi connectivity index (χ4v) is 4.95. The molecule has 2 saturated carbocycles. The molecule has 0 radical (unpaired) electrons. The van der Waals surface area contributed by atoms with Gasteiger partial charge >= 0.3 is 0 Å². The van der Waals surface area contributed by atoms with Crippen molar-refractivity contribution in [3.63, 3.8) is 0 Å². The van der Waals surface area contributed by atoms with Gasteiger partial charge in [-0.15, -0.1) is 0 Å². The summed E-state index contributed by atoms with van der Waals surface area (Å²) in [7, 11) is 0. The molecular weight excluding hydrogens is 240 g/mol. The van der Waals surface area contributed by atoms with Crippen molar-refractivity contribution in [2.75, 3.05) is 6.61 Å². The quantitative estimate of drug-likeness (QED) is 0.769. The highest BCUT2D eigenvalue weighted by molar-refractivity contribution is 5.80. The Morgan fingerprint density at radius 2 is 2.21 bits per heavy atom. The molecule has 1 saturated heterocycles. The molecule has 19 heavy (non-hydrogen) atoms. The average Bonchev–Trinajstić information content (AvgIpc) is 2.71. The van der Waals surface area contributed by atoms with E-state index in [9.17, 15) is 4.79 Å². The lowest BCUT2D eigenvalue weighted by Crippen LogP contribution is -2.56. The molecule has 0 aromatic rings. The Kier molecular flexibility index (Phi) is 3.25. The van der Waals surface area contributed by atoms with Crippen LogP contribution in [0.15, 0.2) is 0 Å². The van der Waals surface area contributed by atoms with Crippen LogP contribution in [-0.2, 0) is 14.3 Å². The van der Waals surface area contributed by atoms with Gasteiger partial charge < -0.3 is 9.47 Å². The lowest BCUT2D eigenvalue weighted by Gasteiger charge is -2.58. The van der Waals surface area contributed by atoms with Crippen molar-refractivity contribution < 1.29 is 14.3 Å². The molecule has 0 aromatic carbocycles. The van der Waals surface area contributed by atoms with Crippen molar-refractivity contribution in [1.29, 1.82) is 0 Å². The van der Waals surface area contributed by atoms with Gasteiger partial charge in [0.15, 0.2) is 6.29 Å². The first kappa shape index (κ1) is 13.6. The summed E-state index contributed by atoms with van der Waals surface area (Å²) in [5.74, 6) is 1.11. The fraction of sp³-hybridized carbons (Fsp3) is 0.938. The molecular formula is C16H26O3. The summed E-state index contributed by atoms with van der Waals surface area (Å²) < 4.78 is 11.9. The van der Waals surface area contributed by atoms with Gasteiger partial charge in [-0.2, -0.15) is 0 Å². The van der Waals surface area contributed by atoms with Crippen LogP contribution >= 0.6 is 0 Å². The van der Waals surface area contributed by atoms with Gasteiger partial charge in [0.05, 0.1) is 6.10 Å². The number of hydrogen-bond acceptors (Lipinski definition) is 3. The Morgan fingerprint density at radius 1 is 1.42 bits per heavy atom. The number of rotatable bonds is 2. The number of carbonyl (C=O) groups excluding carboxylic acids is 1. The van der Waals surface area contributed by atoms with Crippen LogP contribution in [0, 0.1) is 16.7 Å². The predicted octanol–water partition coefficient (Wildman–Crippen LogP) is 3.31. The van der Waals surface area contributed by atoms with Gasteiger partial charge in [-0.1, -0.05) is 13.8 Å². The minimum atomic E-state index is -0.0921. The van der Waals surface area contributed by atoms with E-state index in [-0.39, 0.29) is 23.2 Å². The SMILES string of the molecule is CCO[C@H]1C[C@]23CC(=O)CC[C@@]2(C)[C@H](C)CC[C@@H]3O1. The summed E-state index contributed by atoms with van der Waals surface area (Å²) in [5, 5.41) is 0. The Morgan fingerprint density at radius 3 is 2.95 bits per heavy atom. The third kappa shape index (κ3) is 1.81. The molecule has 1 aliphatic heterocycles. The minimum Gasteiger partial charge on any atom is -0.353 e. The zero-order chi connectivity index (χ0) is 13.7. The van der Waals surface area contributed by atoms with Crippen LogP contribution in [0.1, 0.15) is 59.3 Å². The molecule has 3 heteroatoms. The molecule has 3 aliphatic rings. The topological polar surface area (TPSA) is 35.5 Å². The van der Waals surface area contributed by atoms with E-state index >= 15 is 0 Å². The highest BCUT2D eigenvalue weighted by Crippen LogP contribution is 2.65. The zero-order valence-electron chi connectivity index (χ0n) is 12.4. The first-order valence-electron chi connectivity index (χ1n) is 7.80. The van der Waals surface area contributed by atoms with E-state index in [1.165, 1.54) is 6.42 Å². The molecule has 3 rings (SSSR count). The van der Waals surface area contributed by atoms with Crippen molar-refractivity contribution in [1.82, 2.24) is 0 Å². The van der Waals surface area contributed by atoms with Gasteiger partial charge in [0.1, 0.15) is 5.78 Å². The molecule has 5 atom stereocenters. The smallest absolute Gasteiger partial charge is 0.158 e. The van der Waals surface area contributed by atoms with Gasteiger partial charge in [-0.25, -0.2) is 0 Å². The van der Waals surface area contributed by atoms with Crippen molar-refractivity contribution in [3.05, 3.63) is 0 Å². The largest absolute Gasteiger partial charge is 0.353 e. The van der Waals surface area contributed by atoms with E-state index in [1.54, 1.807) is 0 Å². The van der Waals surface area contributed by atoms with Gasteiger partial charge in [0.2, 0.25) is 0 Å². The van der Waals surface area contributed by atoms with E-state index in [0.717, 1.165) is 25.7 Å². The second-order valence-electron chi connectivity index (χ2n) is 6.98. The van der Waals surface area contributed by atoms with Gasteiger partial charge in [0.25, 0.3) is 0 Å². The molecule has 1 spiro atoms. The molecule has 0 N–H and O–H groups in total. The third-order valence-corrected chi connectivity index (χ3v) is 6.34. The van der Waals surface area contributed by atoms with Gasteiger partial charge in [-0.3, -0.25) is 4.79 Å². The lowest BCUT2D eigenvalue weighted by atomic mass is 9.46. The fourth-order valence-electron chi connectivity index (χ4n) is 4.95. The number of hydrogen-bond donors (Lipinski definition) is 0. The Bertz CT molecular complexity index is 380. The maximum Gasteiger partial charge on any atom is 0.158 e. The van der Waals surface area contributed by atoms with Crippen LogP contribution in [0.25, 0.3) is 0 Å². The summed E-state index contributed by atoms with van der Waals surface area (Å²) in [4.78, 5) is 12.1. The normalized spacial score (nSPS) is 49.8. The third-order valence-electron chi connectivity index (χ3n) is 6.34. The number of carbonyl (C=O) groups is 1. The minimum absolute atomic E-state index is 0.0415. The van der Waals surface area contributed by atoms with Crippen LogP contribution in [-0.4, -0.2) is 24.8 Å². The summed E-state index contributed by atoms with van der Waals surface area (Å²) >= 11 is 0. The maximum absolute atomic E-state index is 12.1. The number of Topliss-reactive ketones (excluding diaryl/α,β-unsaturated/α-hetero) is 1. The Balaban J connectivity index is 1.95. The monoisotopic (exact) mass is 266 g/mol. The molecule has 0 amide bonds. The lowest BCUT2D eigenvalue weighted by molar-refractivity contribution is -0.166. The van der Waals surface area contributed by atoms with Crippen molar-refractivity contribution >= 4 is 5.78 Å². The molecule has 2 aliphatic carbocycles. The van der Waals surface area contributed by atoms with Crippen LogP contribution in [0.4, 0.5) is 0 Å². The highest BCUT2D eigenvalue weighted by Gasteiger charge is 2.64. The molecule has 0 unspecified atom stereocenters. The Labute approximate surface area is 116 Å². The van der Waals surface area contributed by atoms with Gasteiger partial charge in [-0.05, 0) is 37.5 Å². The molecule has 0 aromatic heterocycles. The summed E-state index contributed by atoms with van der Waals surface area (Å²) in [6, 6.07) is 0. The second kappa shape index (κ2) is 4.56. The zero-order valence-corrected chi connectivity index (χ0v) is 12.4. The van der Waals surface area contributed by atoms with Crippen molar-refractivity contribution in [3.8, 4) is 0 Å². The van der Waals surface area contributed by atoms with Crippen molar-refractivity contribution in [2.45, 2.75) is 71.7 Å². The first-order valence-corrected chi connectivity index (χ1v) is 7.80. The maximum atomic E-state index is 12.1. The number of ketones is 1. The highest BCUT2D eigenvalue weighted by atomic mass is 16.7. The molecule has 3 nitrogen and oxygen atoms in total. The molecule has 3 fully saturated rings. The van der Waals surface area contributed by atoms with Gasteiger partial charge in [0, 0.05) is 31.3 Å². The standard InChI is InChI=1S/C16H26O3/c1-4-18-14-10-16-9-12(17)7-8-15(16,3)11(2)5-6-13(16)19-14/h11,13-14H,4-10H2,1-3H3/t11-,13+,14-,15+,16+/m1/s1. The van der Waals surface area contributed by atoms with Crippen LogP contribution < -0.4 is 0 Å². The first-order chi connectivity index (χ1) is 9.02. The van der Waals surface area contributed by atoms with E-state index in [2.05, 4.69) is 13.8 Å². The van der Waals surface area contributed by atoms with Crippen LogP contribution in [0.2, 0.25) is 0 Å². The molecule has 108 valence electrons. The summed E-state index contributed by atoms with van der Waals surface area (Å²) in [5.41, 5.74) is 0.287. The van der Waals surface area contributed by atoms with E-state index in [1.807, 2.05) is 6.92 Å².